The van der Waals surface area contributed by atoms with Gasteiger partial charge in [0.2, 0.25) is 0 Å². The summed E-state index contributed by atoms with van der Waals surface area (Å²) in [6, 6.07) is 13.2. The monoisotopic (exact) mass is 890 g/mol. The van der Waals surface area contributed by atoms with Crippen LogP contribution in [-0.4, -0.2) is 62.2 Å². The zero-order valence-corrected chi connectivity index (χ0v) is 30.9. The fraction of sp³-hybridized carbons (Fsp3) is 0.542. The molecule has 0 spiro atoms. The number of nitrogens with zero attached hydrogens (tertiary/aromatic N) is 2. The van der Waals surface area contributed by atoms with Crippen LogP contribution in [0.25, 0.3) is 0 Å². The van der Waals surface area contributed by atoms with E-state index in [1.807, 2.05) is 12.4 Å². The molecule has 0 amide bonds. The summed E-state index contributed by atoms with van der Waals surface area (Å²) in [6.45, 7) is 11.5. The van der Waals surface area contributed by atoms with Crippen LogP contribution in [0.4, 0.5) is 0 Å². The van der Waals surface area contributed by atoms with Gasteiger partial charge in [-0.05, 0) is 67.8 Å². The Morgan fingerprint density at radius 2 is 1.08 bits per heavy atom. The van der Waals surface area contributed by atoms with Crippen LogP contribution < -0.4 is 21.3 Å². The van der Waals surface area contributed by atoms with Crippen molar-refractivity contribution in [1.29, 1.82) is 0 Å². The molecule has 12 heteroatoms. The van der Waals surface area contributed by atoms with Crippen molar-refractivity contribution in [3.8, 4) is 0 Å². The van der Waals surface area contributed by atoms with E-state index in [1.165, 1.54) is 29.5 Å². The second-order valence-electron chi connectivity index (χ2n) is 8.01. The van der Waals surface area contributed by atoms with E-state index < -0.39 is 0 Å². The molecule has 212 valence electrons. The molecule has 0 radical (unpaired) electrons. The van der Waals surface area contributed by atoms with E-state index in [1.54, 1.807) is 0 Å². The minimum atomic E-state index is 0. The van der Waals surface area contributed by atoms with Crippen LogP contribution in [0, 0.1) is 0 Å². The van der Waals surface area contributed by atoms with E-state index in [9.17, 15) is 0 Å². The van der Waals surface area contributed by atoms with Crippen molar-refractivity contribution >= 4 is 102 Å². The summed E-state index contributed by atoms with van der Waals surface area (Å²) < 4.78 is 0. The topological polar surface area (TPSA) is 64.2 Å². The average molecular weight is 896 g/mol. The lowest BCUT2D eigenvalue weighted by atomic mass is 10.1. The predicted octanol–water partition coefficient (Wildman–Crippen LogP) is 5.20. The van der Waals surface area contributed by atoms with Crippen molar-refractivity contribution in [2.45, 2.75) is 32.5 Å². The summed E-state index contributed by atoms with van der Waals surface area (Å²) in [5.74, 6) is 0. The number of hydrogen-bond donors (Lipinski definition) is 4. The van der Waals surface area contributed by atoms with E-state index >= 15 is 0 Å². The zero-order valence-electron chi connectivity index (χ0n) is 20.7. The molecule has 0 unspecified atom stereocenters. The highest BCUT2D eigenvalue weighted by atomic mass is 79.9. The largest absolute Gasteiger partial charge is 0.315 e. The maximum absolute atomic E-state index is 4.07. The van der Waals surface area contributed by atoms with E-state index in [0.717, 1.165) is 72.0 Å². The van der Waals surface area contributed by atoms with E-state index in [-0.39, 0.29) is 102 Å². The molecule has 0 saturated carbocycles. The lowest BCUT2D eigenvalue weighted by Crippen LogP contribution is -2.36. The fourth-order valence-electron chi connectivity index (χ4n) is 3.70. The number of pyridine rings is 1. The van der Waals surface area contributed by atoms with Crippen LogP contribution in [0.15, 0.2) is 48.8 Å². The minimum absolute atomic E-state index is 0. The highest BCUT2D eigenvalue weighted by Crippen LogP contribution is 2.09. The molecule has 2 heterocycles. The Morgan fingerprint density at radius 3 is 1.69 bits per heavy atom. The molecule has 0 bridgehead atoms. The molecule has 3 rings (SSSR count). The van der Waals surface area contributed by atoms with Gasteiger partial charge in [-0.1, -0.05) is 24.3 Å². The fourth-order valence-corrected chi connectivity index (χ4v) is 3.70. The Kier molecular flexibility index (Phi) is 35.6. The van der Waals surface area contributed by atoms with Gasteiger partial charge in [0.25, 0.3) is 0 Å². The molecule has 1 aromatic carbocycles. The molecule has 1 aliphatic heterocycles. The van der Waals surface area contributed by atoms with Crippen molar-refractivity contribution in [2.24, 2.45) is 0 Å². The lowest BCUT2D eigenvalue weighted by molar-refractivity contribution is 0.260. The van der Waals surface area contributed by atoms with Crippen molar-refractivity contribution in [3.05, 3.63) is 65.5 Å². The van der Waals surface area contributed by atoms with E-state index in [4.69, 9.17) is 0 Å². The number of benzene rings is 1. The van der Waals surface area contributed by atoms with Gasteiger partial charge in [-0.25, -0.2) is 0 Å². The predicted molar refractivity (Wildman–Crippen MR) is 186 cm³/mol. The normalized spacial score (nSPS) is 15.0. The Bertz CT molecular complexity index is 685. The smallest absolute Gasteiger partial charge is 0.0271 e. The maximum atomic E-state index is 4.07. The molecule has 1 fully saturated rings. The number of rotatable bonds is 6. The summed E-state index contributed by atoms with van der Waals surface area (Å²) in [5.41, 5.74) is 3.99. The highest BCUT2D eigenvalue weighted by molar-refractivity contribution is 8.93. The Labute approximate surface area is 280 Å². The minimum Gasteiger partial charge on any atom is -0.315 e. The highest BCUT2D eigenvalue weighted by Gasteiger charge is 2.07. The van der Waals surface area contributed by atoms with Crippen LogP contribution in [0.3, 0.4) is 0 Å². The molecule has 2 aromatic rings. The number of nitrogens with one attached hydrogen (secondary N) is 4. The molecule has 36 heavy (non-hydrogen) atoms. The van der Waals surface area contributed by atoms with Crippen molar-refractivity contribution in [2.75, 3.05) is 52.4 Å². The summed E-state index contributed by atoms with van der Waals surface area (Å²) in [4.78, 5) is 6.64. The molecular formula is C24H44Br6N6. The molecule has 1 saturated heterocycles. The van der Waals surface area contributed by atoms with Crippen molar-refractivity contribution < 1.29 is 0 Å². The quantitative estimate of drug-likeness (QED) is 0.320. The molecule has 0 atom stereocenters. The molecule has 6 nitrogen and oxygen atoms in total. The summed E-state index contributed by atoms with van der Waals surface area (Å²) in [5, 5.41) is 14.1. The lowest BCUT2D eigenvalue weighted by Gasteiger charge is -2.23. The van der Waals surface area contributed by atoms with Crippen LogP contribution in [0.1, 0.15) is 29.5 Å². The first-order chi connectivity index (χ1) is 14.9. The van der Waals surface area contributed by atoms with Crippen LogP contribution >= 0.6 is 102 Å². The molecule has 1 aliphatic rings. The maximum Gasteiger partial charge on any atom is 0.0271 e. The van der Waals surface area contributed by atoms with Crippen LogP contribution in [0.2, 0.25) is 0 Å². The first kappa shape index (κ1) is 44.1. The Hall–Kier alpha value is 1.05. The number of halogens is 6. The van der Waals surface area contributed by atoms with Gasteiger partial charge < -0.3 is 21.3 Å². The summed E-state index contributed by atoms with van der Waals surface area (Å²) >= 11 is 0. The first-order valence-electron chi connectivity index (χ1n) is 11.4. The number of hydrogen-bond acceptors (Lipinski definition) is 6. The standard InChI is InChI=1S/C24H38N6.6BrH/c1-9-25-14-15-26-11-2-17-30(18-16-27-10-1)21-24-5-3-22(4-6-24)19-29-20-23-7-12-28-13-8-23;;;;;;/h3-8,12-13,25-27,29H,1-2,9-11,14-21H2;6*1H. The van der Waals surface area contributed by atoms with E-state index in [0.29, 0.717) is 0 Å². The first-order valence-corrected chi connectivity index (χ1v) is 11.4. The van der Waals surface area contributed by atoms with Gasteiger partial charge >= 0.3 is 0 Å². The average Bonchev–Trinajstić information content (AvgIpc) is 2.78. The van der Waals surface area contributed by atoms with Crippen molar-refractivity contribution in [3.63, 3.8) is 0 Å². The third-order valence-corrected chi connectivity index (χ3v) is 5.46. The molecular weight excluding hydrogens is 852 g/mol. The second kappa shape index (κ2) is 29.0. The Balaban J connectivity index is -0.000000853. The van der Waals surface area contributed by atoms with Crippen LogP contribution in [0.5, 0.6) is 0 Å². The zero-order chi connectivity index (χ0) is 20.7. The van der Waals surface area contributed by atoms with E-state index in [2.05, 4.69) is 67.5 Å². The Morgan fingerprint density at radius 1 is 0.583 bits per heavy atom. The van der Waals surface area contributed by atoms with Gasteiger partial charge in [-0.2, -0.15) is 0 Å². The third-order valence-electron chi connectivity index (χ3n) is 5.46. The van der Waals surface area contributed by atoms with Crippen molar-refractivity contribution in [1.82, 2.24) is 31.2 Å². The molecule has 0 aliphatic carbocycles. The summed E-state index contributed by atoms with van der Waals surface area (Å²) in [7, 11) is 0. The SMILES string of the molecule is Br.Br.Br.Br.Br.Br.c1cc(CNCc2ccc(CN3CCCNCCNCCCNCC3)cc2)ccn1. The summed E-state index contributed by atoms with van der Waals surface area (Å²) in [6.07, 6.45) is 6.07. The van der Waals surface area contributed by atoms with Gasteiger partial charge in [0.15, 0.2) is 0 Å². The third kappa shape index (κ3) is 20.0. The number of aromatic nitrogens is 1. The van der Waals surface area contributed by atoms with Gasteiger partial charge in [-0.15, -0.1) is 102 Å². The van der Waals surface area contributed by atoms with Gasteiger partial charge in [0, 0.05) is 58.2 Å². The molecule has 1 aromatic heterocycles. The van der Waals surface area contributed by atoms with Gasteiger partial charge in [-0.3, -0.25) is 9.88 Å². The van der Waals surface area contributed by atoms with Crippen LogP contribution in [-0.2, 0) is 19.6 Å². The second-order valence-corrected chi connectivity index (χ2v) is 8.01. The van der Waals surface area contributed by atoms with Gasteiger partial charge in [0.05, 0.1) is 0 Å². The molecule has 4 N–H and O–H groups in total. The van der Waals surface area contributed by atoms with Gasteiger partial charge in [0.1, 0.15) is 0 Å².